The average Bonchev–Trinajstić information content (AvgIpc) is 2.47. The third kappa shape index (κ3) is 1.05. The van der Waals surface area contributed by atoms with Gasteiger partial charge in [-0.15, -0.1) is 0 Å². The van der Waals surface area contributed by atoms with Gasteiger partial charge in [-0.3, -0.25) is 0 Å². The predicted molar refractivity (Wildman–Crippen MR) is 45.3 cm³/mol. The van der Waals surface area contributed by atoms with Crippen molar-refractivity contribution in [3.63, 3.8) is 0 Å². The van der Waals surface area contributed by atoms with Gasteiger partial charge in [-0.1, -0.05) is 30.4 Å². The summed E-state index contributed by atoms with van der Waals surface area (Å²) in [5.41, 5.74) is 1.41. The molecule has 1 fully saturated rings. The number of rotatable bonds is 0. The molecule has 2 unspecified atom stereocenters. The molecular formula is C10H12O. The molecule has 1 nitrogen and oxygen atoms in total. The minimum atomic E-state index is 0.311. The molecule has 11 heavy (non-hydrogen) atoms. The molecule has 2 atom stereocenters. The molecular weight excluding hydrogens is 136 g/mol. The van der Waals surface area contributed by atoms with Gasteiger partial charge in [0.05, 0.1) is 12.7 Å². The topological polar surface area (TPSA) is 9.23 Å². The fourth-order valence-electron chi connectivity index (χ4n) is 1.65. The Bertz CT molecular complexity index is 235. The first-order chi connectivity index (χ1) is 5.42. The van der Waals surface area contributed by atoms with Crippen LogP contribution in [0.15, 0.2) is 36.0 Å². The van der Waals surface area contributed by atoms with Crippen LogP contribution >= 0.6 is 0 Å². The molecule has 0 aromatic rings. The Balaban J connectivity index is 2.26. The van der Waals surface area contributed by atoms with Crippen molar-refractivity contribution in [2.75, 3.05) is 6.61 Å². The Kier molecular flexibility index (Phi) is 1.66. The van der Waals surface area contributed by atoms with Gasteiger partial charge in [0.15, 0.2) is 0 Å². The Morgan fingerprint density at radius 1 is 1.45 bits per heavy atom. The van der Waals surface area contributed by atoms with E-state index >= 15 is 0 Å². The predicted octanol–water partition coefficient (Wildman–Crippen LogP) is 2.07. The van der Waals surface area contributed by atoms with E-state index in [4.69, 9.17) is 4.74 Å². The molecule has 0 aromatic carbocycles. The number of ether oxygens (including phenoxy) is 1. The molecule has 58 valence electrons. The quantitative estimate of drug-likeness (QED) is 0.478. The van der Waals surface area contributed by atoms with E-state index in [1.807, 2.05) is 0 Å². The van der Waals surface area contributed by atoms with Crippen molar-refractivity contribution in [2.45, 2.75) is 13.0 Å². The zero-order valence-electron chi connectivity index (χ0n) is 6.66. The van der Waals surface area contributed by atoms with Gasteiger partial charge in [0.1, 0.15) is 0 Å². The zero-order chi connectivity index (χ0) is 7.68. The minimum absolute atomic E-state index is 0.311. The van der Waals surface area contributed by atoms with Crippen LogP contribution in [0.3, 0.4) is 0 Å². The minimum Gasteiger partial charge on any atom is -0.369 e. The summed E-state index contributed by atoms with van der Waals surface area (Å²) in [5, 5.41) is 0. The van der Waals surface area contributed by atoms with Crippen molar-refractivity contribution >= 4 is 0 Å². The van der Waals surface area contributed by atoms with Crippen LogP contribution in [-0.4, -0.2) is 12.7 Å². The molecule has 0 bridgehead atoms. The SMILES string of the molecule is C/C=C1/COC2C=CC=CC12. The molecule has 1 aliphatic heterocycles. The lowest BCUT2D eigenvalue weighted by Crippen LogP contribution is -2.13. The van der Waals surface area contributed by atoms with Gasteiger partial charge in [0.2, 0.25) is 0 Å². The van der Waals surface area contributed by atoms with Crippen molar-refractivity contribution in [3.8, 4) is 0 Å². The van der Waals surface area contributed by atoms with Crippen LogP contribution in [0, 0.1) is 5.92 Å². The summed E-state index contributed by atoms with van der Waals surface area (Å²) in [6, 6.07) is 0. The first-order valence-electron chi connectivity index (χ1n) is 4.03. The second-order valence-corrected chi connectivity index (χ2v) is 2.93. The molecule has 1 heterocycles. The van der Waals surface area contributed by atoms with Crippen molar-refractivity contribution in [1.82, 2.24) is 0 Å². The van der Waals surface area contributed by atoms with Crippen LogP contribution < -0.4 is 0 Å². The van der Waals surface area contributed by atoms with Crippen molar-refractivity contribution in [2.24, 2.45) is 5.92 Å². The van der Waals surface area contributed by atoms with Crippen molar-refractivity contribution in [3.05, 3.63) is 36.0 Å². The summed E-state index contributed by atoms with van der Waals surface area (Å²) < 4.78 is 5.55. The highest BCUT2D eigenvalue weighted by Gasteiger charge is 2.28. The summed E-state index contributed by atoms with van der Waals surface area (Å²) in [5.74, 6) is 0.519. The highest BCUT2D eigenvalue weighted by molar-refractivity contribution is 5.28. The van der Waals surface area contributed by atoms with Crippen LogP contribution in [-0.2, 0) is 4.74 Å². The number of fused-ring (bicyclic) bond motifs is 1. The van der Waals surface area contributed by atoms with Gasteiger partial charge in [-0.2, -0.15) is 0 Å². The lowest BCUT2D eigenvalue weighted by atomic mass is 9.93. The first-order valence-corrected chi connectivity index (χ1v) is 4.03. The van der Waals surface area contributed by atoms with E-state index in [1.54, 1.807) is 0 Å². The Morgan fingerprint density at radius 2 is 2.27 bits per heavy atom. The van der Waals surface area contributed by atoms with Crippen LogP contribution in [0.25, 0.3) is 0 Å². The van der Waals surface area contributed by atoms with Crippen LogP contribution in [0.5, 0.6) is 0 Å². The molecule has 1 saturated heterocycles. The molecule has 0 amide bonds. The van der Waals surface area contributed by atoms with Gasteiger partial charge < -0.3 is 4.74 Å². The third-order valence-electron chi connectivity index (χ3n) is 2.33. The fraction of sp³-hybridized carbons (Fsp3) is 0.400. The standard InChI is InChI=1S/C10H12O/c1-2-8-7-11-10-6-4-3-5-9(8)10/h2-6,9-10H,7H2,1H3/b8-2-. The Hall–Kier alpha value is -0.820. The van der Waals surface area contributed by atoms with Gasteiger partial charge >= 0.3 is 0 Å². The van der Waals surface area contributed by atoms with E-state index in [9.17, 15) is 0 Å². The maximum absolute atomic E-state index is 5.55. The average molecular weight is 148 g/mol. The van der Waals surface area contributed by atoms with Crippen molar-refractivity contribution in [1.29, 1.82) is 0 Å². The summed E-state index contributed by atoms with van der Waals surface area (Å²) in [6.45, 7) is 2.88. The monoisotopic (exact) mass is 148 g/mol. The molecule has 2 rings (SSSR count). The normalized spacial score (nSPS) is 38.1. The second kappa shape index (κ2) is 2.67. The molecule has 1 aliphatic carbocycles. The van der Waals surface area contributed by atoms with E-state index in [-0.39, 0.29) is 0 Å². The molecule has 1 heteroatoms. The lowest BCUT2D eigenvalue weighted by Gasteiger charge is -2.13. The van der Waals surface area contributed by atoms with E-state index in [2.05, 4.69) is 37.3 Å². The summed E-state index contributed by atoms with van der Waals surface area (Å²) >= 11 is 0. The molecule has 0 aromatic heterocycles. The molecule has 0 spiro atoms. The first kappa shape index (κ1) is 6.86. The number of hydrogen-bond donors (Lipinski definition) is 0. The van der Waals surface area contributed by atoms with Gasteiger partial charge in [-0.05, 0) is 12.5 Å². The van der Waals surface area contributed by atoms with Gasteiger partial charge in [0, 0.05) is 5.92 Å². The van der Waals surface area contributed by atoms with Crippen LogP contribution in [0.2, 0.25) is 0 Å². The van der Waals surface area contributed by atoms with E-state index in [0.717, 1.165) is 6.61 Å². The van der Waals surface area contributed by atoms with E-state index in [1.165, 1.54) is 5.57 Å². The van der Waals surface area contributed by atoms with Gasteiger partial charge in [-0.25, -0.2) is 0 Å². The lowest BCUT2D eigenvalue weighted by molar-refractivity contribution is 0.136. The summed E-state index contributed by atoms with van der Waals surface area (Å²) in [6.07, 6.45) is 11.0. The third-order valence-corrected chi connectivity index (χ3v) is 2.33. The fourth-order valence-corrected chi connectivity index (χ4v) is 1.65. The largest absolute Gasteiger partial charge is 0.369 e. The van der Waals surface area contributed by atoms with Gasteiger partial charge in [0.25, 0.3) is 0 Å². The van der Waals surface area contributed by atoms with E-state index < -0.39 is 0 Å². The second-order valence-electron chi connectivity index (χ2n) is 2.93. The summed E-state index contributed by atoms with van der Waals surface area (Å²) in [7, 11) is 0. The Labute approximate surface area is 67.1 Å². The zero-order valence-corrected chi connectivity index (χ0v) is 6.66. The van der Waals surface area contributed by atoms with Crippen LogP contribution in [0.1, 0.15) is 6.92 Å². The highest BCUT2D eigenvalue weighted by atomic mass is 16.5. The number of hydrogen-bond acceptors (Lipinski definition) is 1. The van der Waals surface area contributed by atoms with Crippen molar-refractivity contribution < 1.29 is 4.74 Å². The molecule has 0 N–H and O–H groups in total. The smallest absolute Gasteiger partial charge is 0.0864 e. The summed E-state index contributed by atoms with van der Waals surface area (Å²) in [4.78, 5) is 0. The molecule has 2 aliphatic rings. The number of allylic oxidation sites excluding steroid dienone is 3. The Morgan fingerprint density at radius 3 is 3.09 bits per heavy atom. The highest BCUT2D eigenvalue weighted by Crippen LogP contribution is 2.30. The molecule has 0 saturated carbocycles. The maximum Gasteiger partial charge on any atom is 0.0864 e. The van der Waals surface area contributed by atoms with E-state index in [0.29, 0.717) is 12.0 Å². The maximum atomic E-state index is 5.55. The van der Waals surface area contributed by atoms with Crippen LogP contribution in [0.4, 0.5) is 0 Å². The molecule has 0 radical (unpaired) electrons.